The summed E-state index contributed by atoms with van der Waals surface area (Å²) in [7, 11) is -1.45. The zero-order valence-corrected chi connectivity index (χ0v) is 8.08. The van der Waals surface area contributed by atoms with Gasteiger partial charge in [0.05, 0.1) is 0 Å². The fourth-order valence-electron chi connectivity index (χ4n) is 1.34. The first-order valence-corrected chi connectivity index (χ1v) is 4.84. The van der Waals surface area contributed by atoms with Crippen molar-refractivity contribution in [2.75, 3.05) is 11.5 Å². The van der Waals surface area contributed by atoms with Crippen LogP contribution in [-0.2, 0) is 0 Å². The van der Waals surface area contributed by atoms with E-state index in [9.17, 15) is 0 Å². The predicted molar refractivity (Wildman–Crippen MR) is 60.5 cm³/mol. The summed E-state index contributed by atoms with van der Waals surface area (Å²) in [4.78, 5) is 0. The summed E-state index contributed by atoms with van der Waals surface area (Å²) in [5, 5.41) is 18.8. The van der Waals surface area contributed by atoms with E-state index in [1.54, 1.807) is 18.2 Å². The molecule has 2 aromatic rings. The fourth-order valence-corrected chi connectivity index (χ4v) is 2.35. The van der Waals surface area contributed by atoms with Crippen LogP contribution in [0.2, 0.25) is 0 Å². The Kier molecular flexibility index (Phi) is 2.11. The van der Waals surface area contributed by atoms with E-state index < -0.39 is 7.12 Å². The molecule has 0 saturated carbocycles. The summed E-state index contributed by atoms with van der Waals surface area (Å²) in [6.45, 7) is 0. The van der Waals surface area contributed by atoms with Crippen LogP contribution in [0.15, 0.2) is 18.2 Å². The number of anilines is 2. The second kappa shape index (κ2) is 3.16. The molecule has 0 fully saturated rings. The Hall–Kier alpha value is -1.24. The summed E-state index contributed by atoms with van der Waals surface area (Å²) >= 11 is 1.27. The highest BCUT2D eigenvalue weighted by atomic mass is 32.1. The van der Waals surface area contributed by atoms with Gasteiger partial charge in [-0.1, -0.05) is 0 Å². The maximum absolute atomic E-state index is 8.98. The van der Waals surface area contributed by atoms with E-state index in [0.29, 0.717) is 16.2 Å². The smallest absolute Gasteiger partial charge is 0.423 e. The lowest BCUT2D eigenvalue weighted by Gasteiger charge is -1.97. The van der Waals surface area contributed by atoms with E-state index in [1.807, 2.05) is 0 Å². The van der Waals surface area contributed by atoms with Crippen LogP contribution < -0.4 is 16.2 Å². The normalized spacial score (nSPS) is 10.7. The van der Waals surface area contributed by atoms with Gasteiger partial charge in [0.25, 0.3) is 0 Å². The van der Waals surface area contributed by atoms with Crippen LogP contribution in [0.25, 0.3) is 10.1 Å². The molecule has 0 bridgehead atoms. The molecular weight excluding hydrogens is 199 g/mol. The lowest BCUT2D eigenvalue weighted by Crippen LogP contribution is -2.26. The number of nitrogen functional groups attached to an aromatic ring is 2. The third-order valence-electron chi connectivity index (χ3n) is 1.97. The van der Waals surface area contributed by atoms with Gasteiger partial charge < -0.3 is 21.5 Å². The van der Waals surface area contributed by atoms with E-state index >= 15 is 0 Å². The molecule has 1 heterocycles. The zero-order chi connectivity index (χ0) is 10.3. The fraction of sp³-hybridized carbons (Fsp3) is 0. The van der Waals surface area contributed by atoms with Crippen LogP contribution in [0.5, 0.6) is 0 Å². The van der Waals surface area contributed by atoms with Gasteiger partial charge in [-0.15, -0.1) is 11.3 Å². The molecule has 1 aromatic heterocycles. The second-order valence-corrected chi connectivity index (χ2v) is 4.16. The van der Waals surface area contributed by atoms with Gasteiger partial charge in [0.15, 0.2) is 0 Å². The highest BCUT2D eigenvalue weighted by molar-refractivity contribution is 7.28. The molecule has 0 radical (unpaired) electrons. The summed E-state index contributed by atoms with van der Waals surface area (Å²) in [5.74, 6) is 0. The third-order valence-corrected chi connectivity index (χ3v) is 3.09. The van der Waals surface area contributed by atoms with E-state index in [1.165, 1.54) is 11.3 Å². The number of fused-ring (bicyclic) bond motifs is 1. The number of hydrogen-bond acceptors (Lipinski definition) is 5. The first-order chi connectivity index (χ1) is 6.58. The molecular formula is C8H9BN2O2S. The highest BCUT2D eigenvalue weighted by Gasteiger charge is 2.15. The van der Waals surface area contributed by atoms with Gasteiger partial charge in [0, 0.05) is 26.2 Å². The second-order valence-electron chi connectivity index (χ2n) is 3.04. The molecule has 4 nitrogen and oxygen atoms in total. The Balaban J connectivity index is 2.70. The van der Waals surface area contributed by atoms with E-state index in [2.05, 4.69) is 0 Å². The Morgan fingerprint density at radius 3 is 2.50 bits per heavy atom. The van der Waals surface area contributed by atoms with Gasteiger partial charge >= 0.3 is 7.12 Å². The van der Waals surface area contributed by atoms with Gasteiger partial charge in [0.2, 0.25) is 0 Å². The molecule has 0 unspecified atom stereocenters. The van der Waals surface area contributed by atoms with Crippen molar-refractivity contribution >= 4 is 44.7 Å². The number of benzene rings is 1. The Morgan fingerprint density at radius 1 is 1.14 bits per heavy atom. The highest BCUT2D eigenvalue weighted by Crippen LogP contribution is 2.27. The third kappa shape index (κ3) is 1.43. The lowest BCUT2D eigenvalue weighted by atomic mass is 9.89. The molecule has 0 aliphatic heterocycles. The van der Waals surface area contributed by atoms with Crippen molar-refractivity contribution in [2.45, 2.75) is 0 Å². The van der Waals surface area contributed by atoms with Crippen LogP contribution in [-0.4, -0.2) is 17.2 Å². The molecule has 2 rings (SSSR count). The standard InChI is InChI=1S/C8H9BN2O2S/c10-4-1-6(11)5-3-8(9(12)13)14-7(5)2-4/h1-3,12-13H,10-11H2. The molecule has 0 saturated heterocycles. The molecule has 0 aliphatic carbocycles. The summed E-state index contributed by atoms with van der Waals surface area (Å²) < 4.78 is 1.34. The monoisotopic (exact) mass is 208 g/mol. The molecule has 14 heavy (non-hydrogen) atoms. The van der Waals surface area contributed by atoms with Crippen LogP contribution in [0.3, 0.4) is 0 Å². The maximum Gasteiger partial charge on any atom is 0.499 e. The van der Waals surface area contributed by atoms with Crippen LogP contribution in [0.1, 0.15) is 0 Å². The van der Waals surface area contributed by atoms with E-state index in [4.69, 9.17) is 21.5 Å². The largest absolute Gasteiger partial charge is 0.499 e. The van der Waals surface area contributed by atoms with Crippen molar-refractivity contribution in [3.63, 3.8) is 0 Å². The molecule has 0 spiro atoms. The molecule has 1 aromatic carbocycles. The molecule has 0 aliphatic rings. The van der Waals surface area contributed by atoms with Crippen molar-refractivity contribution in [1.82, 2.24) is 0 Å². The maximum atomic E-state index is 8.98. The minimum absolute atomic E-state index is 0.470. The molecule has 6 N–H and O–H groups in total. The van der Waals surface area contributed by atoms with Crippen LogP contribution in [0.4, 0.5) is 11.4 Å². The Bertz CT molecular complexity index is 483. The summed E-state index contributed by atoms with van der Waals surface area (Å²) in [6, 6.07) is 5.09. The number of hydrogen-bond donors (Lipinski definition) is 4. The quantitative estimate of drug-likeness (QED) is 0.384. The minimum atomic E-state index is -1.45. The van der Waals surface area contributed by atoms with Gasteiger partial charge in [-0.2, -0.15) is 0 Å². The van der Waals surface area contributed by atoms with Gasteiger partial charge in [-0.3, -0.25) is 0 Å². The van der Waals surface area contributed by atoms with Crippen LogP contribution in [0, 0.1) is 0 Å². The number of nitrogens with two attached hydrogens (primary N) is 2. The average molecular weight is 208 g/mol. The van der Waals surface area contributed by atoms with Gasteiger partial charge in [-0.25, -0.2) is 0 Å². The van der Waals surface area contributed by atoms with Gasteiger partial charge in [-0.05, 0) is 18.2 Å². The zero-order valence-electron chi connectivity index (χ0n) is 7.27. The van der Waals surface area contributed by atoms with Crippen LogP contribution >= 0.6 is 11.3 Å². The first-order valence-electron chi connectivity index (χ1n) is 4.02. The average Bonchev–Trinajstić information content (AvgIpc) is 2.47. The summed E-state index contributed by atoms with van der Waals surface area (Å²) in [5.41, 5.74) is 12.5. The Morgan fingerprint density at radius 2 is 1.86 bits per heavy atom. The van der Waals surface area contributed by atoms with Crippen molar-refractivity contribution < 1.29 is 10.0 Å². The van der Waals surface area contributed by atoms with Gasteiger partial charge in [0.1, 0.15) is 0 Å². The predicted octanol–water partition coefficient (Wildman–Crippen LogP) is -0.254. The van der Waals surface area contributed by atoms with E-state index in [0.717, 1.165) is 10.1 Å². The lowest BCUT2D eigenvalue weighted by molar-refractivity contribution is 0.427. The number of thiophene rings is 1. The molecule has 0 atom stereocenters. The van der Waals surface area contributed by atoms with Crippen molar-refractivity contribution in [3.8, 4) is 0 Å². The van der Waals surface area contributed by atoms with Crippen molar-refractivity contribution in [3.05, 3.63) is 18.2 Å². The molecule has 72 valence electrons. The molecule has 6 heteroatoms. The number of rotatable bonds is 1. The van der Waals surface area contributed by atoms with Crippen molar-refractivity contribution in [2.24, 2.45) is 0 Å². The molecule has 0 amide bonds. The minimum Gasteiger partial charge on any atom is -0.423 e. The van der Waals surface area contributed by atoms with Crippen molar-refractivity contribution in [1.29, 1.82) is 0 Å². The van der Waals surface area contributed by atoms with E-state index in [-0.39, 0.29) is 0 Å². The topological polar surface area (TPSA) is 92.5 Å². The summed E-state index contributed by atoms with van der Waals surface area (Å²) in [6.07, 6.45) is 0. The first kappa shape index (κ1) is 9.33. The SMILES string of the molecule is Nc1cc(N)c2cc(B(O)O)sc2c1. The Labute approximate surface area is 84.9 Å².